The average Bonchev–Trinajstić information content (AvgIpc) is 2.22. The minimum Gasteiger partial charge on any atom is -0.468 e. The van der Waals surface area contributed by atoms with E-state index in [1.807, 2.05) is 34.6 Å². The first-order chi connectivity index (χ1) is 7.75. The predicted molar refractivity (Wildman–Crippen MR) is 69.0 cm³/mol. The molecule has 1 N–H and O–H groups in total. The summed E-state index contributed by atoms with van der Waals surface area (Å²) < 4.78 is 10.5. The molecule has 102 valence electrons. The van der Waals surface area contributed by atoms with Gasteiger partial charge in [-0.3, -0.25) is 4.79 Å². The highest BCUT2D eigenvalue weighted by Crippen LogP contribution is 2.16. The summed E-state index contributed by atoms with van der Waals surface area (Å²) in [6, 6.07) is 0. The number of hydrogen-bond acceptors (Lipinski definition) is 4. The van der Waals surface area contributed by atoms with Crippen molar-refractivity contribution in [1.29, 1.82) is 0 Å². The Morgan fingerprint density at radius 2 is 1.82 bits per heavy atom. The highest BCUT2D eigenvalue weighted by atomic mass is 16.5. The topological polar surface area (TPSA) is 47.6 Å². The van der Waals surface area contributed by atoms with Crippen LogP contribution < -0.4 is 5.32 Å². The summed E-state index contributed by atoms with van der Waals surface area (Å²) in [5.41, 5.74) is -0.732. The van der Waals surface area contributed by atoms with Gasteiger partial charge in [-0.1, -0.05) is 6.92 Å². The molecule has 0 heterocycles. The third-order valence-corrected chi connectivity index (χ3v) is 2.56. The molecule has 0 aromatic carbocycles. The molecule has 0 spiro atoms. The van der Waals surface area contributed by atoms with Gasteiger partial charge in [-0.25, -0.2) is 0 Å². The first-order valence-electron chi connectivity index (χ1n) is 6.22. The molecule has 0 saturated heterocycles. The van der Waals surface area contributed by atoms with Crippen LogP contribution in [0.25, 0.3) is 0 Å². The highest BCUT2D eigenvalue weighted by Gasteiger charge is 2.32. The van der Waals surface area contributed by atoms with Crippen LogP contribution in [0.1, 0.15) is 47.5 Å². The van der Waals surface area contributed by atoms with Crippen molar-refractivity contribution >= 4 is 5.97 Å². The maximum atomic E-state index is 11.7. The normalized spacial score (nSPS) is 15.4. The number of carbonyl (C=O) groups excluding carboxylic acids is 1. The number of rotatable bonds is 7. The van der Waals surface area contributed by atoms with Gasteiger partial charge in [0, 0.05) is 6.61 Å². The smallest absolute Gasteiger partial charge is 0.325 e. The van der Waals surface area contributed by atoms with E-state index in [9.17, 15) is 4.79 Å². The van der Waals surface area contributed by atoms with Crippen LogP contribution in [-0.2, 0) is 14.3 Å². The number of likely N-dealkylation sites (N-methyl/N-ethyl adjacent to an activating group) is 1. The van der Waals surface area contributed by atoms with E-state index in [2.05, 4.69) is 5.32 Å². The fraction of sp³-hybridized carbons (Fsp3) is 0.923. The van der Waals surface area contributed by atoms with Gasteiger partial charge in [-0.05, 0) is 47.1 Å². The van der Waals surface area contributed by atoms with Gasteiger partial charge < -0.3 is 14.8 Å². The molecule has 0 saturated carbocycles. The summed E-state index contributed by atoms with van der Waals surface area (Å²) in [6.07, 6.45) is 1.54. The minimum absolute atomic E-state index is 0.125. The summed E-state index contributed by atoms with van der Waals surface area (Å²) in [7, 11) is 1.42. The molecule has 0 bridgehead atoms. The van der Waals surface area contributed by atoms with E-state index in [-0.39, 0.29) is 11.6 Å². The lowest BCUT2D eigenvalue weighted by Crippen LogP contribution is -2.50. The SMILES string of the molecule is CCNC(C)(CCCOC(C)(C)C)C(=O)OC. The zero-order chi connectivity index (χ0) is 13.5. The Bertz CT molecular complexity index is 235. The van der Waals surface area contributed by atoms with E-state index < -0.39 is 5.54 Å². The summed E-state index contributed by atoms with van der Waals surface area (Å²) in [4.78, 5) is 11.7. The van der Waals surface area contributed by atoms with Gasteiger partial charge in [-0.2, -0.15) is 0 Å². The third kappa shape index (κ3) is 6.64. The zero-order valence-electron chi connectivity index (χ0n) is 12.1. The van der Waals surface area contributed by atoms with E-state index >= 15 is 0 Å². The molecule has 0 radical (unpaired) electrons. The fourth-order valence-electron chi connectivity index (χ4n) is 1.68. The lowest BCUT2D eigenvalue weighted by atomic mass is 9.96. The van der Waals surface area contributed by atoms with Crippen LogP contribution in [0.5, 0.6) is 0 Å². The molecule has 0 amide bonds. The number of ether oxygens (including phenoxy) is 2. The Balaban J connectivity index is 4.14. The second kappa shape index (κ2) is 6.97. The predicted octanol–water partition coefficient (Wildman–Crippen LogP) is 2.12. The zero-order valence-corrected chi connectivity index (χ0v) is 12.1. The molecule has 0 aromatic rings. The molecule has 0 aliphatic carbocycles. The minimum atomic E-state index is -0.606. The van der Waals surface area contributed by atoms with Crippen LogP contribution >= 0.6 is 0 Å². The Kier molecular flexibility index (Phi) is 6.72. The number of esters is 1. The van der Waals surface area contributed by atoms with Crippen LogP contribution in [0.3, 0.4) is 0 Å². The Morgan fingerprint density at radius 1 is 1.24 bits per heavy atom. The van der Waals surface area contributed by atoms with Gasteiger partial charge in [0.05, 0.1) is 12.7 Å². The summed E-state index contributed by atoms with van der Waals surface area (Å²) in [5, 5.41) is 3.18. The van der Waals surface area contributed by atoms with Gasteiger partial charge >= 0.3 is 5.97 Å². The largest absolute Gasteiger partial charge is 0.468 e. The van der Waals surface area contributed by atoms with Gasteiger partial charge in [-0.15, -0.1) is 0 Å². The van der Waals surface area contributed by atoms with Gasteiger partial charge in [0.15, 0.2) is 0 Å². The maximum Gasteiger partial charge on any atom is 0.325 e. The maximum absolute atomic E-state index is 11.7. The molecule has 1 unspecified atom stereocenters. The second-order valence-corrected chi connectivity index (χ2v) is 5.42. The molecule has 0 rings (SSSR count). The lowest BCUT2D eigenvalue weighted by Gasteiger charge is -2.28. The van der Waals surface area contributed by atoms with E-state index in [1.165, 1.54) is 7.11 Å². The number of hydrogen-bond donors (Lipinski definition) is 1. The summed E-state index contributed by atoms with van der Waals surface area (Å²) in [5.74, 6) is -0.213. The Morgan fingerprint density at radius 3 is 2.24 bits per heavy atom. The molecule has 0 aromatic heterocycles. The van der Waals surface area contributed by atoms with Crippen molar-refractivity contribution in [3.63, 3.8) is 0 Å². The first kappa shape index (κ1) is 16.4. The quantitative estimate of drug-likeness (QED) is 0.551. The van der Waals surface area contributed by atoms with Gasteiger partial charge in [0.25, 0.3) is 0 Å². The van der Waals surface area contributed by atoms with Crippen molar-refractivity contribution < 1.29 is 14.3 Å². The molecule has 1 atom stereocenters. The third-order valence-electron chi connectivity index (χ3n) is 2.56. The Labute approximate surface area is 105 Å². The van der Waals surface area contributed by atoms with Gasteiger partial charge in [0.2, 0.25) is 0 Å². The molecule has 0 aliphatic heterocycles. The van der Waals surface area contributed by atoms with E-state index in [4.69, 9.17) is 9.47 Å². The van der Waals surface area contributed by atoms with Gasteiger partial charge in [0.1, 0.15) is 5.54 Å². The number of methoxy groups -OCH3 is 1. The molecule has 17 heavy (non-hydrogen) atoms. The van der Waals surface area contributed by atoms with Crippen molar-refractivity contribution in [3.05, 3.63) is 0 Å². The van der Waals surface area contributed by atoms with Crippen LogP contribution in [0.2, 0.25) is 0 Å². The lowest BCUT2D eigenvalue weighted by molar-refractivity contribution is -0.148. The fourth-order valence-corrected chi connectivity index (χ4v) is 1.68. The number of nitrogens with one attached hydrogen (secondary N) is 1. The second-order valence-electron chi connectivity index (χ2n) is 5.42. The molecule has 4 nitrogen and oxygen atoms in total. The molecular weight excluding hydrogens is 218 g/mol. The van der Waals surface area contributed by atoms with Crippen LogP contribution in [-0.4, -0.2) is 37.4 Å². The van der Waals surface area contributed by atoms with Crippen LogP contribution in [0, 0.1) is 0 Å². The van der Waals surface area contributed by atoms with Crippen molar-refractivity contribution in [2.75, 3.05) is 20.3 Å². The highest BCUT2D eigenvalue weighted by molar-refractivity contribution is 5.80. The standard InChI is InChI=1S/C13H27NO3/c1-7-14-13(5,11(15)16-6)9-8-10-17-12(2,3)4/h14H,7-10H2,1-6H3. The van der Waals surface area contributed by atoms with Crippen molar-refractivity contribution in [2.24, 2.45) is 0 Å². The summed E-state index contributed by atoms with van der Waals surface area (Å²) in [6.45, 7) is 11.3. The number of carbonyl (C=O) groups is 1. The Hall–Kier alpha value is -0.610. The van der Waals surface area contributed by atoms with Crippen molar-refractivity contribution in [2.45, 2.75) is 58.6 Å². The molecule has 0 fully saturated rings. The van der Waals surface area contributed by atoms with Crippen LogP contribution in [0.4, 0.5) is 0 Å². The van der Waals surface area contributed by atoms with E-state index in [0.717, 1.165) is 13.0 Å². The molecular formula is C13H27NO3. The average molecular weight is 245 g/mol. The van der Waals surface area contributed by atoms with E-state index in [1.54, 1.807) is 0 Å². The van der Waals surface area contributed by atoms with E-state index in [0.29, 0.717) is 13.0 Å². The van der Waals surface area contributed by atoms with Crippen molar-refractivity contribution in [3.8, 4) is 0 Å². The van der Waals surface area contributed by atoms with Crippen LogP contribution in [0.15, 0.2) is 0 Å². The summed E-state index contributed by atoms with van der Waals surface area (Å²) >= 11 is 0. The first-order valence-corrected chi connectivity index (χ1v) is 6.22. The van der Waals surface area contributed by atoms with Crippen molar-refractivity contribution in [1.82, 2.24) is 5.32 Å². The molecule has 0 aliphatic rings. The monoisotopic (exact) mass is 245 g/mol. The molecule has 4 heteroatoms.